The average Bonchev–Trinajstić information content (AvgIpc) is 2.85. The number of amides is 2. The molecule has 0 unspecified atom stereocenters. The van der Waals surface area contributed by atoms with Gasteiger partial charge in [0, 0.05) is 0 Å². The van der Waals surface area contributed by atoms with Crippen LogP contribution in [0.4, 0.5) is 18.0 Å². The minimum atomic E-state index is -4.57. The van der Waals surface area contributed by atoms with Crippen LogP contribution < -0.4 is 0 Å². The molecule has 2 amide bonds. The number of nitrogens with zero attached hydrogens (tertiary/aromatic N) is 1. The molecule has 4 nitrogen and oxygen atoms in total. The van der Waals surface area contributed by atoms with E-state index in [4.69, 9.17) is 0 Å². The SMILES string of the molecule is Cc1cc(/C=C2\SC(=O)N(Cc3ccccc3C(F)(F)F)C2=O)ccc1O. The van der Waals surface area contributed by atoms with Gasteiger partial charge in [0.1, 0.15) is 5.75 Å². The van der Waals surface area contributed by atoms with E-state index in [0.29, 0.717) is 22.9 Å². The first-order chi connectivity index (χ1) is 12.7. The number of benzene rings is 2. The van der Waals surface area contributed by atoms with Gasteiger partial charge in [-0.05, 0) is 59.7 Å². The number of carbonyl (C=O) groups is 2. The lowest BCUT2D eigenvalue weighted by Crippen LogP contribution is -2.28. The Morgan fingerprint density at radius 1 is 1.15 bits per heavy atom. The van der Waals surface area contributed by atoms with E-state index in [1.165, 1.54) is 30.3 Å². The molecule has 140 valence electrons. The molecule has 27 heavy (non-hydrogen) atoms. The Kier molecular flexibility index (Phi) is 5.01. The lowest BCUT2D eigenvalue weighted by atomic mass is 10.1. The molecule has 0 bridgehead atoms. The first-order valence-corrected chi connectivity index (χ1v) is 8.68. The molecule has 2 aromatic rings. The van der Waals surface area contributed by atoms with Gasteiger partial charge < -0.3 is 5.11 Å². The van der Waals surface area contributed by atoms with Crippen molar-refractivity contribution in [1.29, 1.82) is 0 Å². The molecular weight excluding hydrogens is 379 g/mol. The highest BCUT2D eigenvalue weighted by atomic mass is 32.2. The molecule has 1 aliphatic heterocycles. The molecule has 1 aliphatic rings. The molecule has 1 fully saturated rings. The number of aromatic hydroxyl groups is 1. The summed E-state index contributed by atoms with van der Waals surface area (Å²) in [5.41, 5.74) is 0.185. The second-order valence-electron chi connectivity index (χ2n) is 5.97. The summed E-state index contributed by atoms with van der Waals surface area (Å²) in [5, 5.41) is 8.92. The second-order valence-corrected chi connectivity index (χ2v) is 6.96. The second kappa shape index (κ2) is 7.11. The van der Waals surface area contributed by atoms with Crippen LogP contribution in [0.25, 0.3) is 6.08 Å². The summed E-state index contributed by atoms with van der Waals surface area (Å²) >= 11 is 0.674. The van der Waals surface area contributed by atoms with Crippen LogP contribution in [0.5, 0.6) is 5.75 Å². The molecule has 0 radical (unpaired) electrons. The fourth-order valence-electron chi connectivity index (χ4n) is 2.66. The van der Waals surface area contributed by atoms with Gasteiger partial charge in [-0.3, -0.25) is 14.5 Å². The first-order valence-electron chi connectivity index (χ1n) is 7.87. The zero-order valence-corrected chi connectivity index (χ0v) is 14.9. The summed E-state index contributed by atoms with van der Waals surface area (Å²) in [6.45, 7) is 1.23. The van der Waals surface area contributed by atoms with E-state index in [0.717, 1.165) is 11.0 Å². The van der Waals surface area contributed by atoms with Crippen molar-refractivity contribution in [2.75, 3.05) is 0 Å². The number of thioether (sulfide) groups is 1. The van der Waals surface area contributed by atoms with Crippen LogP contribution in [0.1, 0.15) is 22.3 Å². The maximum Gasteiger partial charge on any atom is 0.416 e. The van der Waals surface area contributed by atoms with Crippen LogP contribution in [-0.2, 0) is 17.5 Å². The van der Waals surface area contributed by atoms with Crippen LogP contribution in [0.3, 0.4) is 0 Å². The van der Waals surface area contributed by atoms with E-state index in [9.17, 15) is 27.9 Å². The van der Waals surface area contributed by atoms with Crippen LogP contribution in [0, 0.1) is 6.92 Å². The molecule has 0 saturated carbocycles. The zero-order valence-electron chi connectivity index (χ0n) is 14.1. The molecule has 0 aliphatic carbocycles. The fraction of sp³-hybridized carbons (Fsp3) is 0.158. The van der Waals surface area contributed by atoms with E-state index >= 15 is 0 Å². The smallest absolute Gasteiger partial charge is 0.416 e. The number of imide groups is 1. The van der Waals surface area contributed by atoms with Crippen molar-refractivity contribution in [2.45, 2.75) is 19.6 Å². The molecule has 1 N–H and O–H groups in total. The number of aryl methyl sites for hydroxylation is 1. The van der Waals surface area contributed by atoms with Crippen molar-refractivity contribution in [3.05, 3.63) is 69.6 Å². The minimum Gasteiger partial charge on any atom is -0.508 e. The molecule has 0 atom stereocenters. The van der Waals surface area contributed by atoms with Gasteiger partial charge in [-0.1, -0.05) is 24.3 Å². The number of phenolic OH excluding ortho intramolecular Hbond substituents is 1. The van der Waals surface area contributed by atoms with Gasteiger partial charge in [0.15, 0.2) is 0 Å². The van der Waals surface area contributed by atoms with E-state index in [2.05, 4.69) is 0 Å². The van der Waals surface area contributed by atoms with Crippen molar-refractivity contribution in [3.8, 4) is 5.75 Å². The van der Waals surface area contributed by atoms with Crippen molar-refractivity contribution in [2.24, 2.45) is 0 Å². The lowest BCUT2D eigenvalue weighted by Gasteiger charge is -2.17. The number of halogens is 3. The third-order valence-electron chi connectivity index (χ3n) is 4.04. The topological polar surface area (TPSA) is 57.6 Å². The molecule has 0 spiro atoms. The van der Waals surface area contributed by atoms with Crippen LogP contribution in [0.2, 0.25) is 0 Å². The molecule has 1 saturated heterocycles. The standard InChI is InChI=1S/C19H14F3NO3S/c1-11-8-12(6-7-15(11)24)9-16-17(25)23(18(26)27-16)10-13-4-2-3-5-14(13)19(20,21)22/h2-9,24H,10H2,1H3/b16-9-. The number of hydrogen-bond donors (Lipinski definition) is 1. The Balaban J connectivity index is 1.87. The first kappa shape index (κ1) is 19.0. The minimum absolute atomic E-state index is 0.101. The largest absolute Gasteiger partial charge is 0.508 e. The molecule has 3 rings (SSSR count). The van der Waals surface area contributed by atoms with E-state index in [1.807, 2.05) is 0 Å². The van der Waals surface area contributed by atoms with Gasteiger partial charge in [0.05, 0.1) is 17.0 Å². The van der Waals surface area contributed by atoms with Crippen LogP contribution in [-0.4, -0.2) is 21.2 Å². The third-order valence-corrected chi connectivity index (χ3v) is 4.95. The van der Waals surface area contributed by atoms with Crippen LogP contribution >= 0.6 is 11.8 Å². The summed E-state index contributed by atoms with van der Waals surface area (Å²) in [6.07, 6.45) is -3.09. The van der Waals surface area contributed by atoms with Gasteiger partial charge in [0.2, 0.25) is 0 Å². The van der Waals surface area contributed by atoms with E-state index in [-0.39, 0.29) is 16.2 Å². The fourth-order valence-corrected chi connectivity index (χ4v) is 3.50. The number of phenols is 1. The normalized spacial score (nSPS) is 16.4. The van der Waals surface area contributed by atoms with Crippen molar-refractivity contribution >= 4 is 29.0 Å². The zero-order chi connectivity index (χ0) is 19.8. The Bertz CT molecular complexity index is 953. The van der Waals surface area contributed by atoms with Crippen molar-refractivity contribution < 1.29 is 27.9 Å². The van der Waals surface area contributed by atoms with Crippen molar-refractivity contribution in [3.63, 3.8) is 0 Å². The van der Waals surface area contributed by atoms with E-state index in [1.54, 1.807) is 19.1 Å². The summed E-state index contributed by atoms with van der Waals surface area (Å²) in [6, 6.07) is 9.54. The van der Waals surface area contributed by atoms with Gasteiger partial charge in [-0.15, -0.1) is 0 Å². The summed E-state index contributed by atoms with van der Waals surface area (Å²) < 4.78 is 39.4. The van der Waals surface area contributed by atoms with E-state index < -0.39 is 29.4 Å². The van der Waals surface area contributed by atoms with Gasteiger partial charge in [-0.25, -0.2) is 0 Å². The number of carbonyl (C=O) groups excluding carboxylic acids is 2. The highest BCUT2D eigenvalue weighted by molar-refractivity contribution is 8.18. The highest BCUT2D eigenvalue weighted by Crippen LogP contribution is 2.36. The summed E-state index contributed by atoms with van der Waals surface area (Å²) in [5.74, 6) is -0.545. The summed E-state index contributed by atoms with van der Waals surface area (Å²) in [7, 11) is 0. The lowest BCUT2D eigenvalue weighted by molar-refractivity contribution is -0.139. The average molecular weight is 393 g/mol. The quantitative estimate of drug-likeness (QED) is 0.749. The molecule has 8 heteroatoms. The Labute approximate surface area is 157 Å². The monoisotopic (exact) mass is 393 g/mol. The number of rotatable bonds is 3. The van der Waals surface area contributed by atoms with Crippen LogP contribution in [0.15, 0.2) is 47.4 Å². The number of alkyl halides is 3. The van der Waals surface area contributed by atoms with Gasteiger partial charge in [0.25, 0.3) is 11.1 Å². The maximum absolute atomic E-state index is 13.1. The Morgan fingerprint density at radius 3 is 2.52 bits per heavy atom. The molecular formula is C19H14F3NO3S. The molecule has 1 heterocycles. The third kappa shape index (κ3) is 4.00. The van der Waals surface area contributed by atoms with Crippen molar-refractivity contribution in [1.82, 2.24) is 4.90 Å². The highest BCUT2D eigenvalue weighted by Gasteiger charge is 2.38. The maximum atomic E-state index is 13.1. The predicted octanol–water partition coefficient (Wildman–Crippen LogP) is 4.96. The molecule has 0 aromatic heterocycles. The number of hydrogen-bond acceptors (Lipinski definition) is 4. The Hall–Kier alpha value is -2.74. The predicted molar refractivity (Wildman–Crippen MR) is 95.8 cm³/mol. The Morgan fingerprint density at radius 2 is 1.85 bits per heavy atom. The summed E-state index contributed by atoms with van der Waals surface area (Å²) in [4.78, 5) is 25.6. The van der Waals surface area contributed by atoms with Gasteiger partial charge >= 0.3 is 6.18 Å². The van der Waals surface area contributed by atoms with Gasteiger partial charge in [-0.2, -0.15) is 13.2 Å². The molecule has 2 aromatic carbocycles.